The molecule has 0 N–H and O–H groups in total. The lowest BCUT2D eigenvalue weighted by atomic mass is 9.91. The van der Waals surface area contributed by atoms with Gasteiger partial charge in [0.05, 0.1) is 12.3 Å². The molecule has 0 aliphatic rings. The van der Waals surface area contributed by atoms with Crippen LogP contribution in [0.3, 0.4) is 0 Å². The highest BCUT2D eigenvalue weighted by Crippen LogP contribution is 2.28. The molecule has 0 aliphatic heterocycles. The predicted molar refractivity (Wildman–Crippen MR) is 105 cm³/mol. The lowest BCUT2D eigenvalue weighted by Crippen LogP contribution is -2.48. The normalized spacial score (nSPS) is 14.4. The van der Waals surface area contributed by atoms with Crippen LogP contribution in [0.15, 0.2) is 30.3 Å². The fourth-order valence-electron chi connectivity index (χ4n) is 2.86. The second kappa shape index (κ2) is 9.25. The molecule has 0 bridgehead atoms. The van der Waals surface area contributed by atoms with Crippen LogP contribution >= 0.6 is 0 Å². The van der Waals surface area contributed by atoms with E-state index in [1.54, 1.807) is 27.7 Å². The van der Waals surface area contributed by atoms with Crippen LogP contribution in [0.1, 0.15) is 61.8 Å². The molecule has 27 heavy (non-hydrogen) atoms. The van der Waals surface area contributed by atoms with Gasteiger partial charge in [0, 0.05) is 0 Å². The number of ether oxygens (including phenoxy) is 3. The van der Waals surface area contributed by atoms with Gasteiger partial charge in [-0.25, -0.2) is 0 Å². The first kappa shape index (κ1) is 23.0. The summed E-state index contributed by atoms with van der Waals surface area (Å²) in [6.45, 7) is 14.8. The minimum absolute atomic E-state index is 0.0158. The molecule has 0 aromatic heterocycles. The molecule has 2 atom stereocenters. The molecule has 0 amide bonds. The highest BCUT2D eigenvalue weighted by molar-refractivity contribution is 5.80. The summed E-state index contributed by atoms with van der Waals surface area (Å²) in [6.07, 6.45) is -0.351. The Hall–Kier alpha value is -2.04. The summed E-state index contributed by atoms with van der Waals surface area (Å²) in [4.78, 5) is 24.5. The zero-order valence-corrected chi connectivity index (χ0v) is 17.9. The van der Waals surface area contributed by atoms with Crippen LogP contribution in [-0.2, 0) is 19.1 Å². The van der Waals surface area contributed by atoms with Crippen molar-refractivity contribution >= 4 is 11.9 Å². The van der Waals surface area contributed by atoms with Gasteiger partial charge in [-0.2, -0.15) is 0 Å². The molecule has 5 heteroatoms. The van der Waals surface area contributed by atoms with Gasteiger partial charge in [0.2, 0.25) is 0 Å². The number of hydrogen-bond acceptors (Lipinski definition) is 5. The summed E-state index contributed by atoms with van der Waals surface area (Å²) in [5, 5.41) is 0. The second-order valence-corrected chi connectivity index (χ2v) is 8.81. The predicted octanol–water partition coefficient (Wildman–Crippen LogP) is 4.78. The van der Waals surface area contributed by atoms with Crippen LogP contribution in [0, 0.1) is 11.8 Å². The molecule has 5 nitrogen and oxygen atoms in total. The molecule has 0 aliphatic carbocycles. The summed E-state index contributed by atoms with van der Waals surface area (Å²) >= 11 is 0. The van der Waals surface area contributed by atoms with Crippen molar-refractivity contribution in [3.05, 3.63) is 30.3 Å². The van der Waals surface area contributed by atoms with E-state index in [2.05, 4.69) is 0 Å². The summed E-state index contributed by atoms with van der Waals surface area (Å²) in [5.74, 6) is -0.598. The van der Waals surface area contributed by atoms with Gasteiger partial charge in [-0.1, -0.05) is 39.0 Å². The molecule has 0 spiro atoms. The van der Waals surface area contributed by atoms with Gasteiger partial charge < -0.3 is 14.2 Å². The molecule has 1 rings (SSSR count). The maximum absolute atomic E-state index is 12.6. The van der Waals surface area contributed by atoms with Crippen LogP contribution in [0.25, 0.3) is 0 Å². The molecule has 1 unspecified atom stereocenters. The molecule has 0 saturated carbocycles. The lowest BCUT2D eigenvalue weighted by molar-refractivity contribution is -0.176. The molecule has 152 valence electrons. The molecule has 1 aromatic carbocycles. The van der Waals surface area contributed by atoms with E-state index in [0.29, 0.717) is 0 Å². The van der Waals surface area contributed by atoms with E-state index >= 15 is 0 Å². The topological polar surface area (TPSA) is 61.8 Å². The number of esters is 2. The Morgan fingerprint density at radius 2 is 1.48 bits per heavy atom. The first-order valence-corrected chi connectivity index (χ1v) is 9.48. The molecule has 0 saturated heterocycles. The maximum Gasteiger partial charge on any atom is 0.309 e. The van der Waals surface area contributed by atoms with Crippen molar-refractivity contribution in [3.8, 4) is 5.75 Å². The smallest absolute Gasteiger partial charge is 0.309 e. The van der Waals surface area contributed by atoms with E-state index in [1.807, 2.05) is 58.0 Å². The average molecular weight is 379 g/mol. The summed E-state index contributed by atoms with van der Waals surface area (Å²) < 4.78 is 17.1. The Morgan fingerprint density at radius 1 is 0.926 bits per heavy atom. The van der Waals surface area contributed by atoms with Crippen molar-refractivity contribution in [1.82, 2.24) is 0 Å². The largest absolute Gasteiger partial charge is 0.486 e. The number of benzene rings is 1. The third-order valence-electron chi connectivity index (χ3n) is 3.96. The van der Waals surface area contributed by atoms with E-state index in [-0.39, 0.29) is 18.4 Å². The number of rotatable bonds is 8. The molecule has 0 fully saturated rings. The maximum atomic E-state index is 12.6. The van der Waals surface area contributed by atoms with E-state index in [4.69, 9.17) is 14.2 Å². The average Bonchev–Trinajstić information content (AvgIpc) is 2.50. The first-order chi connectivity index (χ1) is 12.3. The van der Waals surface area contributed by atoms with Gasteiger partial charge in [0.1, 0.15) is 23.1 Å². The zero-order chi connectivity index (χ0) is 20.8. The molecular weight excluding hydrogens is 344 g/mol. The van der Waals surface area contributed by atoms with E-state index in [1.165, 1.54) is 0 Å². The minimum Gasteiger partial charge on any atom is -0.486 e. The van der Waals surface area contributed by atoms with Gasteiger partial charge in [-0.15, -0.1) is 0 Å². The van der Waals surface area contributed by atoms with Gasteiger partial charge in [-0.05, 0) is 52.7 Å². The van der Waals surface area contributed by atoms with Gasteiger partial charge >= 0.3 is 11.9 Å². The molecule has 0 radical (unpaired) electrons. The van der Waals surface area contributed by atoms with Crippen molar-refractivity contribution in [1.29, 1.82) is 0 Å². The van der Waals surface area contributed by atoms with E-state index < -0.39 is 29.1 Å². The Balaban J connectivity index is 2.76. The molecular formula is C22H34O5. The fraction of sp³-hybridized carbons (Fsp3) is 0.636. The highest BCUT2D eigenvalue weighted by atomic mass is 16.6. The quantitative estimate of drug-likeness (QED) is 0.609. The standard InChI is InChI=1S/C22H34O5/c1-15(2)19(25-17-12-10-9-11-13-17)22(7,8)27-20(24)16(3)14-18(23)26-21(4,5)6/h9-13,15-16,19H,14H2,1-8H3/t16?,19-/m1/s1. The van der Waals surface area contributed by atoms with Gasteiger partial charge in [0.15, 0.2) is 0 Å². The van der Waals surface area contributed by atoms with Crippen molar-refractivity contribution in [3.63, 3.8) is 0 Å². The van der Waals surface area contributed by atoms with E-state index in [9.17, 15) is 9.59 Å². The van der Waals surface area contributed by atoms with Crippen LogP contribution in [-0.4, -0.2) is 29.2 Å². The first-order valence-electron chi connectivity index (χ1n) is 9.48. The van der Waals surface area contributed by atoms with Crippen LogP contribution in [0.4, 0.5) is 0 Å². The van der Waals surface area contributed by atoms with E-state index in [0.717, 1.165) is 5.75 Å². The molecule has 0 heterocycles. The summed E-state index contributed by atoms with van der Waals surface area (Å²) in [7, 11) is 0. The summed E-state index contributed by atoms with van der Waals surface area (Å²) in [5.41, 5.74) is -1.43. The third-order valence-corrected chi connectivity index (χ3v) is 3.96. The van der Waals surface area contributed by atoms with Crippen molar-refractivity contribution in [2.45, 2.75) is 79.1 Å². The number of carbonyl (C=O) groups is 2. The van der Waals surface area contributed by atoms with Crippen LogP contribution in [0.5, 0.6) is 5.75 Å². The van der Waals surface area contributed by atoms with Crippen LogP contribution in [0.2, 0.25) is 0 Å². The minimum atomic E-state index is -0.858. The van der Waals surface area contributed by atoms with Gasteiger partial charge in [0.25, 0.3) is 0 Å². The summed E-state index contributed by atoms with van der Waals surface area (Å²) in [6, 6.07) is 9.46. The number of carbonyl (C=O) groups excluding carboxylic acids is 2. The Bertz CT molecular complexity index is 613. The fourth-order valence-corrected chi connectivity index (χ4v) is 2.86. The Labute approximate surface area is 163 Å². The zero-order valence-electron chi connectivity index (χ0n) is 17.9. The third kappa shape index (κ3) is 8.02. The van der Waals surface area contributed by atoms with Crippen molar-refractivity contribution < 1.29 is 23.8 Å². The highest BCUT2D eigenvalue weighted by Gasteiger charge is 2.39. The lowest BCUT2D eigenvalue weighted by Gasteiger charge is -2.37. The number of hydrogen-bond donors (Lipinski definition) is 0. The SMILES string of the molecule is CC(CC(=O)OC(C)(C)C)C(=O)OC(C)(C)[C@H](Oc1ccccc1)C(C)C. The van der Waals surface area contributed by atoms with Crippen molar-refractivity contribution in [2.75, 3.05) is 0 Å². The Morgan fingerprint density at radius 3 is 1.96 bits per heavy atom. The second-order valence-electron chi connectivity index (χ2n) is 8.81. The monoisotopic (exact) mass is 378 g/mol. The Kier molecular flexibility index (Phi) is 7.88. The number of para-hydroxylation sites is 1. The molecule has 1 aromatic rings. The van der Waals surface area contributed by atoms with Crippen molar-refractivity contribution in [2.24, 2.45) is 11.8 Å². The van der Waals surface area contributed by atoms with Gasteiger partial charge in [-0.3, -0.25) is 9.59 Å². The van der Waals surface area contributed by atoms with Crippen LogP contribution < -0.4 is 4.74 Å².